The Morgan fingerprint density at radius 2 is 1.77 bits per heavy atom. The third-order valence-corrected chi connectivity index (χ3v) is 5.79. The lowest BCUT2D eigenvalue weighted by atomic mass is 10.1. The maximum atomic E-state index is 12.8. The van der Waals surface area contributed by atoms with Crippen LogP contribution >= 0.6 is 11.8 Å². The first-order valence-corrected chi connectivity index (χ1v) is 11.0. The number of aromatic amines is 1. The number of non-ortho nitro benzene ring substituents is 1. The number of carbonyl (C=O) groups is 1. The zero-order chi connectivity index (χ0) is 24.9. The number of carbonyl (C=O) groups excluding carboxylic acids is 1. The van der Waals surface area contributed by atoms with E-state index in [1.54, 1.807) is 6.07 Å². The zero-order valence-corrected chi connectivity index (χ0v) is 19.0. The number of H-pyrrole nitrogens is 1. The van der Waals surface area contributed by atoms with Gasteiger partial charge in [-0.2, -0.15) is 13.9 Å². The lowest BCUT2D eigenvalue weighted by molar-refractivity contribution is -0.385. The average Bonchev–Trinajstić information content (AvgIpc) is 3.31. The summed E-state index contributed by atoms with van der Waals surface area (Å²) in [6.45, 7) is -0.959. The molecular weight excluding hydrogens is 478 g/mol. The fourth-order valence-corrected chi connectivity index (χ4v) is 4.06. The number of nitro benzene ring substituents is 1. The summed E-state index contributed by atoms with van der Waals surface area (Å²) in [6.07, 6.45) is 0. The summed E-state index contributed by atoms with van der Waals surface area (Å²) < 4.78 is 28.9. The largest absolute Gasteiger partial charge is 0.435 e. The second-order valence-corrected chi connectivity index (χ2v) is 8.56. The monoisotopic (exact) mass is 496 g/mol. The van der Waals surface area contributed by atoms with Crippen molar-refractivity contribution < 1.29 is 23.2 Å². The first kappa shape index (κ1) is 23.9. The van der Waals surface area contributed by atoms with Crippen LogP contribution in [0, 0.1) is 17.0 Å². The van der Waals surface area contributed by atoms with Gasteiger partial charge in [0.25, 0.3) is 11.6 Å². The van der Waals surface area contributed by atoms with Crippen LogP contribution in [-0.4, -0.2) is 27.6 Å². The summed E-state index contributed by atoms with van der Waals surface area (Å²) in [4.78, 5) is 25.1. The number of halogens is 2. The molecule has 0 radical (unpaired) electrons. The van der Waals surface area contributed by atoms with Crippen LogP contribution < -0.4 is 10.1 Å². The summed E-state index contributed by atoms with van der Waals surface area (Å²) in [5, 5.41) is 20.8. The molecule has 11 heteroatoms. The maximum absolute atomic E-state index is 12.8. The Bertz CT molecular complexity index is 1360. The second-order valence-electron chi connectivity index (χ2n) is 7.41. The summed E-state index contributed by atoms with van der Waals surface area (Å²) in [5.74, 6) is -0.546. The number of hydrogen-bond acceptors (Lipinski definition) is 6. The molecule has 8 nitrogen and oxygen atoms in total. The van der Waals surface area contributed by atoms with E-state index in [9.17, 15) is 23.7 Å². The van der Waals surface area contributed by atoms with Crippen molar-refractivity contribution in [2.24, 2.45) is 0 Å². The van der Waals surface area contributed by atoms with Gasteiger partial charge < -0.3 is 10.1 Å². The first-order valence-electron chi connectivity index (χ1n) is 10.2. The SMILES string of the molecule is Cc1ccc(Sc2cc(NC(=O)c3cc(-c4ccc(OC(F)F)cc4)n[nH]3)cc([N+](=O)[O-])c2)cc1. The third kappa shape index (κ3) is 6.21. The molecule has 0 aliphatic rings. The van der Waals surface area contributed by atoms with E-state index in [0.29, 0.717) is 16.2 Å². The molecule has 0 saturated heterocycles. The van der Waals surface area contributed by atoms with Gasteiger partial charge in [0.2, 0.25) is 0 Å². The summed E-state index contributed by atoms with van der Waals surface area (Å²) in [6, 6.07) is 19.4. The van der Waals surface area contributed by atoms with Crippen LogP contribution in [0.15, 0.2) is 82.6 Å². The van der Waals surface area contributed by atoms with Gasteiger partial charge in [0.05, 0.1) is 10.6 Å². The minimum absolute atomic E-state index is 0.00207. The van der Waals surface area contributed by atoms with Crippen molar-refractivity contribution in [2.75, 3.05) is 5.32 Å². The molecule has 0 aliphatic heterocycles. The normalized spacial score (nSPS) is 10.9. The van der Waals surface area contributed by atoms with Gasteiger partial charge in [0.1, 0.15) is 11.4 Å². The van der Waals surface area contributed by atoms with Gasteiger partial charge in [0, 0.05) is 33.2 Å². The van der Waals surface area contributed by atoms with E-state index in [1.165, 1.54) is 54.2 Å². The highest BCUT2D eigenvalue weighted by Crippen LogP contribution is 2.33. The van der Waals surface area contributed by atoms with Gasteiger partial charge in [-0.05, 0) is 55.5 Å². The number of ether oxygens (including phenoxy) is 1. The molecule has 0 bridgehead atoms. The fraction of sp³-hybridized carbons (Fsp3) is 0.0833. The number of amides is 1. The summed E-state index contributed by atoms with van der Waals surface area (Å²) in [5.41, 5.74) is 2.30. The van der Waals surface area contributed by atoms with Crippen molar-refractivity contribution in [3.63, 3.8) is 0 Å². The van der Waals surface area contributed by atoms with Crippen LogP contribution in [0.3, 0.4) is 0 Å². The van der Waals surface area contributed by atoms with E-state index >= 15 is 0 Å². The summed E-state index contributed by atoms with van der Waals surface area (Å²) in [7, 11) is 0. The molecule has 0 aliphatic carbocycles. The van der Waals surface area contributed by atoms with Crippen molar-refractivity contribution in [2.45, 2.75) is 23.3 Å². The summed E-state index contributed by atoms with van der Waals surface area (Å²) >= 11 is 1.34. The second kappa shape index (κ2) is 10.3. The minimum atomic E-state index is -2.92. The molecule has 1 aromatic heterocycles. The molecule has 0 atom stereocenters. The van der Waals surface area contributed by atoms with Crippen LogP contribution in [0.5, 0.6) is 5.75 Å². The molecule has 0 fully saturated rings. The van der Waals surface area contributed by atoms with Gasteiger partial charge in [-0.1, -0.05) is 29.5 Å². The Morgan fingerprint density at radius 3 is 2.43 bits per heavy atom. The molecule has 2 N–H and O–H groups in total. The number of alkyl halides is 2. The number of anilines is 1. The molecule has 3 aromatic carbocycles. The molecule has 0 unspecified atom stereocenters. The molecule has 178 valence electrons. The van der Waals surface area contributed by atoms with E-state index in [-0.39, 0.29) is 22.8 Å². The van der Waals surface area contributed by atoms with Gasteiger partial charge in [-0.15, -0.1) is 0 Å². The van der Waals surface area contributed by atoms with Crippen molar-refractivity contribution in [1.29, 1.82) is 0 Å². The van der Waals surface area contributed by atoms with Crippen LogP contribution in [0.2, 0.25) is 0 Å². The van der Waals surface area contributed by atoms with Crippen LogP contribution in [-0.2, 0) is 0 Å². The smallest absolute Gasteiger partial charge is 0.387 e. The Morgan fingerprint density at radius 1 is 1.06 bits per heavy atom. The first-order chi connectivity index (χ1) is 16.8. The van der Waals surface area contributed by atoms with E-state index in [1.807, 2.05) is 31.2 Å². The van der Waals surface area contributed by atoms with Gasteiger partial charge in [-0.25, -0.2) is 0 Å². The fourth-order valence-electron chi connectivity index (χ4n) is 3.15. The minimum Gasteiger partial charge on any atom is -0.435 e. The Labute approximate surface area is 202 Å². The number of aromatic nitrogens is 2. The van der Waals surface area contributed by atoms with E-state index < -0.39 is 17.4 Å². The molecule has 0 saturated carbocycles. The molecular formula is C24H18F2N4O4S. The van der Waals surface area contributed by atoms with E-state index in [0.717, 1.165) is 10.5 Å². The van der Waals surface area contributed by atoms with Crippen LogP contribution in [0.4, 0.5) is 20.2 Å². The Hall–Kier alpha value is -4.25. The van der Waals surface area contributed by atoms with Crippen molar-refractivity contribution in [3.05, 3.63) is 94.2 Å². The predicted molar refractivity (Wildman–Crippen MR) is 127 cm³/mol. The number of aryl methyl sites for hydroxylation is 1. The number of hydrogen-bond donors (Lipinski definition) is 2. The molecule has 4 aromatic rings. The van der Waals surface area contributed by atoms with Crippen LogP contribution in [0.1, 0.15) is 16.1 Å². The van der Waals surface area contributed by atoms with Crippen molar-refractivity contribution in [1.82, 2.24) is 10.2 Å². The Kier molecular flexibility index (Phi) is 7.06. The zero-order valence-electron chi connectivity index (χ0n) is 18.2. The van der Waals surface area contributed by atoms with E-state index in [4.69, 9.17) is 0 Å². The maximum Gasteiger partial charge on any atom is 0.387 e. The molecule has 0 spiro atoms. The standard InChI is InChI=1S/C24H18F2N4O4S/c1-14-2-8-19(9-3-14)35-20-11-16(10-17(12-20)30(32)33)27-23(31)22-13-21(28-29-22)15-4-6-18(7-5-15)34-24(25)26/h2-13,24H,1H3,(H,27,31)(H,28,29). The highest BCUT2D eigenvalue weighted by molar-refractivity contribution is 7.99. The highest BCUT2D eigenvalue weighted by Gasteiger charge is 2.16. The third-order valence-electron chi connectivity index (χ3n) is 4.81. The molecule has 35 heavy (non-hydrogen) atoms. The number of nitro groups is 1. The Balaban J connectivity index is 1.51. The molecule has 4 rings (SSSR count). The molecule has 1 amide bonds. The predicted octanol–water partition coefficient (Wildman–Crippen LogP) is 6.30. The number of nitrogens with zero attached hydrogens (tertiary/aromatic N) is 2. The van der Waals surface area contributed by atoms with Gasteiger partial charge in [-0.3, -0.25) is 20.0 Å². The van der Waals surface area contributed by atoms with Gasteiger partial charge in [0.15, 0.2) is 0 Å². The quantitative estimate of drug-likeness (QED) is 0.219. The lowest BCUT2D eigenvalue weighted by Gasteiger charge is -2.07. The number of nitrogens with one attached hydrogen (secondary N) is 2. The highest BCUT2D eigenvalue weighted by atomic mass is 32.2. The van der Waals surface area contributed by atoms with Crippen molar-refractivity contribution in [3.8, 4) is 17.0 Å². The van der Waals surface area contributed by atoms with Gasteiger partial charge >= 0.3 is 6.61 Å². The average molecular weight is 496 g/mol. The van der Waals surface area contributed by atoms with Crippen LogP contribution in [0.25, 0.3) is 11.3 Å². The topological polar surface area (TPSA) is 110 Å². The van der Waals surface area contributed by atoms with E-state index in [2.05, 4.69) is 20.3 Å². The number of rotatable bonds is 8. The lowest BCUT2D eigenvalue weighted by Crippen LogP contribution is -2.12. The molecule has 1 heterocycles. The van der Waals surface area contributed by atoms with Crippen molar-refractivity contribution >= 4 is 29.0 Å². The number of benzene rings is 3.